The van der Waals surface area contributed by atoms with E-state index in [-0.39, 0.29) is 16.8 Å². The molecule has 0 atom stereocenters. The minimum Gasteiger partial charge on any atom is -0.475 e. The Balaban J connectivity index is 2.43. The second kappa shape index (κ2) is 5.59. The predicted octanol–water partition coefficient (Wildman–Crippen LogP) is 3.63. The quantitative estimate of drug-likeness (QED) is 0.940. The van der Waals surface area contributed by atoms with Crippen molar-refractivity contribution in [2.75, 3.05) is 0 Å². The highest BCUT2D eigenvalue weighted by atomic mass is 16.4. The summed E-state index contributed by atoms with van der Waals surface area (Å²) < 4.78 is 5.69. The molecule has 0 amide bonds. The molecule has 2 aromatic rings. The van der Waals surface area contributed by atoms with E-state index in [0.717, 1.165) is 44.1 Å². The van der Waals surface area contributed by atoms with Crippen LogP contribution in [0.15, 0.2) is 15.3 Å². The zero-order valence-corrected chi connectivity index (χ0v) is 13.0. The Morgan fingerprint density at radius 1 is 1.32 bits per heavy atom. The lowest BCUT2D eigenvalue weighted by Gasteiger charge is -2.21. The molecule has 0 fully saturated rings. The highest BCUT2D eigenvalue weighted by molar-refractivity contribution is 5.91. The number of benzene rings is 1. The molecule has 0 spiro atoms. The van der Waals surface area contributed by atoms with Gasteiger partial charge in [-0.1, -0.05) is 13.3 Å². The van der Waals surface area contributed by atoms with Crippen molar-refractivity contribution in [1.29, 1.82) is 0 Å². The number of aryl methyl sites for hydroxylation is 2. The van der Waals surface area contributed by atoms with Crippen molar-refractivity contribution in [3.63, 3.8) is 0 Å². The fourth-order valence-corrected chi connectivity index (χ4v) is 3.46. The lowest BCUT2D eigenvalue weighted by atomic mass is 9.85. The first-order chi connectivity index (χ1) is 10.5. The second-order valence-electron chi connectivity index (χ2n) is 6.02. The topological polar surface area (TPSA) is 67.5 Å². The standard InChI is InChI=1S/C18H20O4/c1-3-6-13-12-8-5-4-7-11(12)9-14-15(19)10(2)16(18(20)21)22-17(13)14/h9H,3-8H2,1-2H3,(H,20,21). The van der Waals surface area contributed by atoms with Crippen LogP contribution in [0.4, 0.5) is 0 Å². The van der Waals surface area contributed by atoms with Gasteiger partial charge in [0.25, 0.3) is 0 Å². The molecular formula is C18H20O4. The van der Waals surface area contributed by atoms with Crippen LogP contribution in [0.25, 0.3) is 11.0 Å². The minimum atomic E-state index is -1.18. The summed E-state index contributed by atoms with van der Waals surface area (Å²) in [4.78, 5) is 23.9. The number of hydrogen-bond donors (Lipinski definition) is 1. The molecule has 116 valence electrons. The van der Waals surface area contributed by atoms with Crippen molar-refractivity contribution >= 4 is 16.9 Å². The molecule has 0 saturated carbocycles. The molecule has 1 aromatic carbocycles. The summed E-state index contributed by atoms with van der Waals surface area (Å²) in [5.74, 6) is -1.41. The Labute approximate surface area is 128 Å². The maximum atomic E-state index is 12.6. The average molecular weight is 300 g/mol. The summed E-state index contributed by atoms with van der Waals surface area (Å²) in [7, 11) is 0. The van der Waals surface area contributed by atoms with Crippen molar-refractivity contribution in [3.05, 3.63) is 44.3 Å². The van der Waals surface area contributed by atoms with Gasteiger partial charge in [0, 0.05) is 5.56 Å². The van der Waals surface area contributed by atoms with Crippen LogP contribution >= 0.6 is 0 Å². The molecule has 0 bridgehead atoms. The number of hydrogen-bond acceptors (Lipinski definition) is 3. The molecule has 0 unspecified atom stereocenters. The molecule has 22 heavy (non-hydrogen) atoms. The number of carboxylic acid groups (broad SMARTS) is 1. The van der Waals surface area contributed by atoms with Gasteiger partial charge in [-0.25, -0.2) is 4.79 Å². The van der Waals surface area contributed by atoms with Gasteiger partial charge in [-0.2, -0.15) is 0 Å². The molecule has 0 aliphatic heterocycles. The van der Waals surface area contributed by atoms with Crippen LogP contribution in [0, 0.1) is 6.92 Å². The van der Waals surface area contributed by atoms with Crippen LogP contribution in [-0.4, -0.2) is 11.1 Å². The molecule has 1 N–H and O–H groups in total. The Morgan fingerprint density at radius 3 is 2.73 bits per heavy atom. The van der Waals surface area contributed by atoms with Gasteiger partial charge in [0.15, 0.2) is 5.43 Å². The van der Waals surface area contributed by atoms with Crippen molar-refractivity contribution < 1.29 is 14.3 Å². The van der Waals surface area contributed by atoms with Gasteiger partial charge in [-0.15, -0.1) is 0 Å². The van der Waals surface area contributed by atoms with Gasteiger partial charge < -0.3 is 9.52 Å². The molecule has 1 aliphatic rings. The van der Waals surface area contributed by atoms with Crippen LogP contribution in [-0.2, 0) is 19.3 Å². The number of rotatable bonds is 3. The largest absolute Gasteiger partial charge is 0.475 e. The first-order valence-electron chi connectivity index (χ1n) is 7.89. The zero-order chi connectivity index (χ0) is 15.9. The highest BCUT2D eigenvalue weighted by Crippen LogP contribution is 2.32. The number of aromatic carboxylic acids is 1. The first-order valence-corrected chi connectivity index (χ1v) is 7.89. The SMILES string of the molecule is CCCc1c2c(cc3c(=O)c(C)c(C(=O)O)oc13)CCCC2. The number of carbonyl (C=O) groups is 1. The summed E-state index contributed by atoms with van der Waals surface area (Å²) in [6.45, 7) is 3.60. The van der Waals surface area contributed by atoms with Crippen LogP contribution in [0.1, 0.15) is 59.0 Å². The van der Waals surface area contributed by atoms with E-state index in [4.69, 9.17) is 4.42 Å². The summed E-state index contributed by atoms with van der Waals surface area (Å²) in [6.07, 6.45) is 6.00. The molecule has 1 aliphatic carbocycles. The molecule has 1 aromatic heterocycles. The third-order valence-corrected chi connectivity index (χ3v) is 4.54. The fraction of sp³-hybridized carbons (Fsp3) is 0.444. The monoisotopic (exact) mass is 300 g/mol. The molecule has 0 radical (unpaired) electrons. The fourth-order valence-electron chi connectivity index (χ4n) is 3.46. The average Bonchev–Trinajstić information content (AvgIpc) is 2.51. The van der Waals surface area contributed by atoms with Gasteiger partial charge in [-0.05, 0) is 61.8 Å². The summed E-state index contributed by atoms with van der Waals surface area (Å²) >= 11 is 0. The smallest absolute Gasteiger partial charge is 0.372 e. The normalized spacial score (nSPS) is 14.1. The Kier molecular flexibility index (Phi) is 3.77. The van der Waals surface area contributed by atoms with Crippen molar-refractivity contribution in [2.45, 2.75) is 52.4 Å². The van der Waals surface area contributed by atoms with Crippen molar-refractivity contribution in [2.24, 2.45) is 0 Å². The van der Waals surface area contributed by atoms with Crippen LogP contribution in [0.2, 0.25) is 0 Å². The van der Waals surface area contributed by atoms with E-state index < -0.39 is 5.97 Å². The lowest BCUT2D eigenvalue weighted by molar-refractivity contribution is 0.0661. The third-order valence-electron chi connectivity index (χ3n) is 4.54. The van der Waals surface area contributed by atoms with Crippen LogP contribution in [0.3, 0.4) is 0 Å². The predicted molar refractivity (Wildman–Crippen MR) is 84.8 cm³/mol. The van der Waals surface area contributed by atoms with E-state index in [9.17, 15) is 14.7 Å². The van der Waals surface area contributed by atoms with Gasteiger partial charge in [0.05, 0.1) is 5.39 Å². The Bertz CT molecular complexity index is 814. The van der Waals surface area contributed by atoms with Gasteiger partial charge in [0.2, 0.25) is 5.76 Å². The van der Waals surface area contributed by atoms with E-state index in [1.165, 1.54) is 18.1 Å². The van der Waals surface area contributed by atoms with E-state index in [2.05, 4.69) is 6.92 Å². The maximum Gasteiger partial charge on any atom is 0.372 e. The summed E-state index contributed by atoms with van der Waals surface area (Å²) in [5, 5.41) is 9.81. The second-order valence-corrected chi connectivity index (χ2v) is 6.02. The van der Waals surface area contributed by atoms with E-state index in [1.807, 2.05) is 6.07 Å². The van der Waals surface area contributed by atoms with Gasteiger partial charge >= 0.3 is 5.97 Å². The molecule has 4 nitrogen and oxygen atoms in total. The number of carboxylic acids is 1. The van der Waals surface area contributed by atoms with Crippen LogP contribution in [0.5, 0.6) is 0 Å². The summed E-state index contributed by atoms with van der Waals surface area (Å²) in [6, 6.07) is 1.92. The lowest BCUT2D eigenvalue weighted by Crippen LogP contribution is -2.16. The molecular weight excluding hydrogens is 280 g/mol. The van der Waals surface area contributed by atoms with Gasteiger partial charge in [-0.3, -0.25) is 4.79 Å². The van der Waals surface area contributed by atoms with E-state index in [0.29, 0.717) is 11.0 Å². The molecule has 3 rings (SSSR count). The van der Waals surface area contributed by atoms with Gasteiger partial charge in [0.1, 0.15) is 5.58 Å². The highest BCUT2D eigenvalue weighted by Gasteiger charge is 2.23. The minimum absolute atomic E-state index is 0.179. The molecule has 1 heterocycles. The van der Waals surface area contributed by atoms with Crippen molar-refractivity contribution in [3.8, 4) is 0 Å². The third kappa shape index (κ3) is 2.23. The molecule has 4 heteroatoms. The molecule has 0 saturated heterocycles. The van der Waals surface area contributed by atoms with E-state index in [1.54, 1.807) is 0 Å². The maximum absolute atomic E-state index is 12.6. The first kappa shape index (κ1) is 14.8. The summed E-state index contributed by atoms with van der Waals surface area (Å²) in [5.41, 5.74) is 3.98. The zero-order valence-electron chi connectivity index (χ0n) is 13.0. The van der Waals surface area contributed by atoms with E-state index >= 15 is 0 Å². The van der Waals surface area contributed by atoms with Crippen molar-refractivity contribution in [1.82, 2.24) is 0 Å². The Morgan fingerprint density at radius 2 is 2.05 bits per heavy atom. The van der Waals surface area contributed by atoms with Crippen LogP contribution < -0.4 is 5.43 Å². The Hall–Kier alpha value is -2.10. The number of fused-ring (bicyclic) bond motifs is 2.